The van der Waals surface area contributed by atoms with Gasteiger partial charge in [0.15, 0.2) is 11.5 Å². The summed E-state index contributed by atoms with van der Waals surface area (Å²) < 4.78 is 5.46. The molecule has 0 aromatic carbocycles. The number of ether oxygens (including phenoxy) is 1. The van der Waals surface area contributed by atoms with Crippen LogP contribution in [0, 0.1) is 11.3 Å². The SMILES string of the molecule is C[C@@H]1COCCN1c1cnc(-c2ccnc3[nH]ccc23)nc1C#N. The number of fused-ring (bicyclic) bond motifs is 1. The van der Waals surface area contributed by atoms with Crippen molar-refractivity contribution in [3.63, 3.8) is 0 Å². The number of nitriles is 1. The van der Waals surface area contributed by atoms with Gasteiger partial charge in [0.1, 0.15) is 11.7 Å². The van der Waals surface area contributed by atoms with Crippen molar-refractivity contribution >= 4 is 16.7 Å². The van der Waals surface area contributed by atoms with Gasteiger partial charge in [-0.3, -0.25) is 0 Å². The van der Waals surface area contributed by atoms with Gasteiger partial charge in [-0.25, -0.2) is 15.0 Å². The molecule has 120 valence electrons. The number of hydrogen-bond acceptors (Lipinski definition) is 6. The van der Waals surface area contributed by atoms with Crippen molar-refractivity contribution < 1.29 is 4.74 Å². The van der Waals surface area contributed by atoms with E-state index in [-0.39, 0.29) is 6.04 Å². The van der Waals surface area contributed by atoms with Gasteiger partial charge < -0.3 is 14.6 Å². The highest BCUT2D eigenvalue weighted by Gasteiger charge is 2.23. The molecule has 1 atom stereocenters. The first-order chi connectivity index (χ1) is 11.8. The Morgan fingerprint density at radius 1 is 1.38 bits per heavy atom. The summed E-state index contributed by atoms with van der Waals surface area (Å²) >= 11 is 0. The number of rotatable bonds is 2. The molecule has 0 spiro atoms. The van der Waals surface area contributed by atoms with Gasteiger partial charge >= 0.3 is 0 Å². The zero-order chi connectivity index (χ0) is 16.5. The first-order valence-corrected chi connectivity index (χ1v) is 7.82. The van der Waals surface area contributed by atoms with Crippen molar-refractivity contribution in [3.8, 4) is 17.5 Å². The lowest BCUT2D eigenvalue weighted by atomic mass is 10.1. The van der Waals surface area contributed by atoms with E-state index in [2.05, 4.69) is 37.8 Å². The molecular formula is C17H16N6O. The van der Waals surface area contributed by atoms with E-state index in [9.17, 15) is 5.26 Å². The van der Waals surface area contributed by atoms with E-state index in [1.807, 2.05) is 18.3 Å². The van der Waals surface area contributed by atoms with Gasteiger partial charge in [-0.2, -0.15) is 5.26 Å². The highest BCUT2D eigenvalue weighted by molar-refractivity contribution is 5.90. The van der Waals surface area contributed by atoms with Crippen molar-refractivity contribution in [1.29, 1.82) is 5.26 Å². The topological polar surface area (TPSA) is 90.7 Å². The second-order valence-corrected chi connectivity index (χ2v) is 5.76. The van der Waals surface area contributed by atoms with Crippen LogP contribution in [-0.4, -0.2) is 45.7 Å². The third kappa shape index (κ3) is 2.37. The number of hydrogen-bond donors (Lipinski definition) is 1. The van der Waals surface area contributed by atoms with E-state index in [4.69, 9.17) is 4.74 Å². The van der Waals surface area contributed by atoms with E-state index in [1.165, 1.54) is 0 Å². The van der Waals surface area contributed by atoms with Crippen LogP contribution in [0.2, 0.25) is 0 Å². The van der Waals surface area contributed by atoms with Gasteiger partial charge in [-0.05, 0) is 19.1 Å². The second-order valence-electron chi connectivity index (χ2n) is 5.76. The first kappa shape index (κ1) is 14.6. The predicted octanol–water partition coefficient (Wildman–Crippen LogP) is 2.12. The van der Waals surface area contributed by atoms with Crippen LogP contribution >= 0.6 is 0 Å². The largest absolute Gasteiger partial charge is 0.377 e. The standard InChI is InChI=1S/C17H16N6O/c1-11-10-24-7-6-23(11)15-9-21-17(22-14(15)8-18)13-3-5-20-16-12(13)2-4-19-16/h2-5,9,11H,6-7,10H2,1H3,(H,19,20)/t11-/m1/s1. The lowest BCUT2D eigenvalue weighted by molar-refractivity contribution is 0.0988. The number of aromatic amines is 1. The summed E-state index contributed by atoms with van der Waals surface area (Å²) in [5.41, 5.74) is 2.78. The molecule has 1 saturated heterocycles. The molecule has 1 aliphatic rings. The molecule has 1 fully saturated rings. The Bertz CT molecular complexity index is 928. The normalized spacial score (nSPS) is 17.8. The molecule has 7 nitrogen and oxygen atoms in total. The Kier molecular flexibility index (Phi) is 3.59. The fourth-order valence-corrected chi connectivity index (χ4v) is 3.04. The van der Waals surface area contributed by atoms with Crippen LogP contribution < -0.4 is 4.90 Å². The quantitative estimate of drug-likeness (QED) is 0.777. The van der Waals surface area contributed by atoms with E-state index in [0.29, 0.717) is 24.7 Å². The number of aromatic nitrogens is 4. The van der Waals surface area contributed by atoms with Crippen LogP contribution in [-0.2, 0) is 4.74 Å². The summed E-state index contributed by atoms with van der Waals surface area (Å²) in [6, 6.07) is 6.20. The third-order valence-corrected chi connectivity index (χ3v) is 4.25. The Balaban J connectivity index is 1.79. The Hall–Kier alpha value is -2.98. The fourth-order valence-electron chi connectivity index (χ4n) is 3.04. The summed E-state index contributed by atoms with van der Waals surface area (Å²) in [6.07, 6.45) is 5.28. The summed E-state index contributed by atoms with van der Waals surface area (Å²) in [4.78, 5) is 18.5. The number of morpholine rings is 1. The molecule has 3 aromatic rings. The molecule has 0 radical (unpaired) electrons. The van der Waals surface area contributed by atoms with Crippen LogP contribution in [0.4, 0.5) is 5.69 Å². The molecule has 0 saturated carbocycles. The number of H-pyrrole nitrogens is 1. The Labute approximate surface area is 138 Å². The molecule has 0 aliphatic carbocycles. The average molecular weight is 320 g/mol. The maximum atomic E-state index is 9.56. The Morgan fingerprint density at radius 2 is 2.29 bits per heavy atom. The molecule has 0 unspecified atom stereocenters. The van der Waals surface area contributed by atoms with Crippen molar-refractivity contribution in [3.05, 3.63) is 36.4 Å². The number of nitrogens with zero attached hydrogens (tertiary/aromatic N) is 5. The predicted molar refractivity (Wildman–Crippen MR) is 89.5 cm³/mol. The van der Waals surface area contributed by atoms with Crippen molar-refractivity contribution in [1.82, 2.24) is 19.9 Å². The summed E-state index contributed by atoms with van der Waals surface area (Å²) in [7, 11) is 0. The van der Waals surface area contributed by atoms with Gasteiger partial charge in [0, 0.05) is 35.9 Å². The third-order valence-electron chi connectivity index (χ3n) is 4.25. The molecule has 4 heterocycles. The molecule has 3 aromatic heterocycles. The minimum absolute atomic E-state index is 0.192. The fraction of sp³-hybridized carbons (Fsp3) is 0.294. The monoisotopic (exact) mass is 320 g/mol. The van der Waals surface area contributed by atoms with Crippen LogP contribution in [0.3, 0.4) is 0 Å². The highest BCUT2D eigenvalue weighted by atomic mass is 16.5. The van der Waals surface area contributed by atoms with E-state index in [0.717, 1.165) is 28.8 Å². The smallest absolute Gasteiger partial charge is 0.167 e. The van der Waals surface area contributed by atoms with Crippen LogP contribution in [0.1, 0.15) is 12.6 Å². The van der Waals surface area contributed by atoms with Gasteiger partial charge in [0.05, 0.1) is 25.1 Å². The number of nitrogens with one attached hydrogen (secondary N) is 1. The molecule has 0 amide bonds. The highest BCUT2D eigenvalue weighted by Crippen LogP contribution is 2.28. The van der Waals surface area contributed by atoms with E-state index in [1.54, 1.807) is 12.4 Å². The Morgan fingerprint density at radius 3 is 3.12 bits per heavy atom. The van der Waals surface area contributed by atoms with Gasteiger partial charge in [-0.1, -0.05) is 0 Å². The molecule has 4 rings (SSSR count). The van der Waals surface area contributed by atoms with Gasteiger partial charge in [-0.15, -0.1) is 0 Å². The molecule has 1 aliphatic heterocycles. The van der Waals surface area contributed by atoms with Crippen molar-refractivity contribution in [2.24, 2.45) is 0 Å². The average Bonchev–Trinajstić information content (AvgIpc) is 3.10. The van der Waals surface area contributed by atoms with Crippen molar-refractivity contribution in [2.75, 3.05) is 24.7 Å². The van der Waals surface area contributed by atoms with E-state index >= 15 is 0 Å². The maximum Gasteiger partial charge on any atom is 0.167 e. The second kappa shape index (κ2) is 5.91. The molecular weight excluding hydrogens is 304 g/mol. The number of pyridine rings is 1. The summed E-state index contributed by atoms with van der Waals surface area (Å²) in [6.45, 7) is 4.09. The van der Waals surface area contributed by atoms with Gasteiger partial charge in [0.2, 0.25) is 0 Å². The first-order valence-electron chi connectivity index (χ1n) is 7.82. The molecule has 24 heavy (non-hydrogen) atoms. The zero-order valence-corrected chi connectivity index (χ0v) is 13.2. The summed E-state index contributed by atoms with van der Waals surface area (Å²) in [5, 5.41) is 10.5. The van der Waals surface area contributed by atoms with Crippen LogP contribution in [0.15, 0.2) is 30.7 Å². The zero-order valence-electron chi connectivity index (χ0n) is 13.2. The van der Waals surface area contributed by atoms with Crippen LogP contribution in [0.5, 0.6) is 0 Å². The minimum Gasteiger partial charge on any atom is -0.377 e. The lowest BCUT2D eigenvalue weighted by Crippen LogP contribution is -2.44. The number of anilines is 1. The molecule has 1 N–H and O–H groups in total. The summed E-state index contributed by atoms with van der Waals surface area (Å²) in [5.74, 6) is 0.531. The van der Waals surface area contributed by atoms with E-state index < -0.39 is 0 Å². The van der Waals surface area contributed by atoms with Gasteiger partial charge in [0.25, 0.3) is 0 Å². The minimum atomic E-state index is 0.192. The molecule has 0 bridgehead atoms. The van der Waals surface area contributed by atoms with Crippen molar-refractivity contribution in [2.45, 2.75) is 13.0 Å². The molecule has 7 heteroatoms. The maximum absolute atomic E-state index is 9.56. The lowest BCUT2D eigenvalue weighted by Gasteiger charge is -2.35. The van der Waals surface area contributed by atoms with Crippen LogP contribution in [0.25, 0.3) is 22.4 Å².